The molecule has 118 valence electrons. The topological polar surface area (TPSA) is 37.4 Å². The number of nitrogens with zero attached hydrogens (tertiary/aromatic N) is 1. The fourth-order valence-electron chi connectivity index (χ4n) is 2.47. The van der Waals surface area contributed by atoms with Crippen molar-refractivity contribution < 1.29 is 8.42 Å². The number of sulfonamides is 1. The van der Waals surface area contributed by atoms with Crippen LogP contribution < -0.4 is 4.31 Å². The molecule has 0 unspecified atom stereocenters. The van der Waals surface area contributed by atoms with Gasteiger partial charge in [0.2, 0.25) is 0 Å². The zero-order chi connectivity index (χ0) is 16.3. The maximum Gasteiger partial charge on any atom is 0.264 e. The van der Waals surface area contributed by atoms with E-state index in [1.165, 1.54) is 4.31 Å². The predicted molar refractivity (Wildman–Crippen MR) is 94.9 cm³/mol. The van der Waals surface area contributed by atoms with Gasteiger partial charge in [-0.1, -0.05) is 35.0 Å². The van der Waals surface area contributed by atoms with Gasteiger partial charge in [-0.25, -0.2) is 8.42 Å². The Morgan fingerprint density at radius 3 is 2.41 bits per heavy atom. The molecule has 0 atom stereocenters. The van der Waals surface area contributed by atoms with Gasteiger partial charge in [0.05, 0.1) is 10.6 Å². The fourth-order valence-corrected chi connectivity index (χ4v) is 4.62. The zero-order valence-electron chi connectivity index (χ0n) is 13.0. The Hall–Kier alpha value is -1.33. The lowest BCUT2D eigenvalue weighted by Gasteiger charge is -2.24. The minimum absolute atomic E-state index is 0.376. The van der Waals surface area contributed by atoms with E-state index in [-0.39, 0.29) is 0 Å². The van der Waals surface area contributed by atoms with Crippen molar-refractivity contribution in [2.24, 2.45) is 0 Å². The first-order valence-electron chi connectivity index (χ1n) is 7.28. The van der Waals surface area contributed by atoms with E-state index in [0.717, 1.165) is 15.6 Å². The van der Waals surface area contributed by atoms with Gasteiger partial charge in [-0.2, -0.15) is 0 Å². The predicted octanol–water partition coefficient (Wildman–Crippen LogP) is 4.54. The van der Waals surface area contributed by atoms with Crippen LogP contribution in [0.25, 0.3) is 0 Å². The minimum atomic E-state index is -3.57. The van der Waals surface area contributed by atoms with E-state index in [9.17, 15) is 8.42 Å². The van der Waals surface area contributed by atoms with Crippen LogP contribution in [-0.4, -0.2) is 15.0 Å². The molecule has 0 aromatic heterocycles. The quantitative estimate of drug-likeness (QED) is 0.762. The molecule has 0 aliphatic heterocycles. The number of rotatable bonds is 5. The van der Waals surface area contributed by atoms with Crippen LogP contribution in [0, 0.1) is 6.92 Å². The monoisotopic (exact) mass is 381 g/mol. The molecule has 0 N–H and O–H groups in total. The molecular weight excluding hydrogens is 362 g/mol. The standard InChI is InChI=1S/C17H20BrNO2S/c1-4-14-12-15(18)9-10-17(14)22(20,21)19(5-2)16-8-6-7-13(3)11-16/h6-12H,4-5H2,1-3H3. The van der Waals surface area contributed by atoms with Gasteiger partial charge in [-0.15, -0.1) is 0 Å². The normalized spacial score (nSPS) is 11.5. The van der Waals surface area contributed by atoms with Gasteiger partial charge >= 0.3 is 0 Å². The van der Waals surface area contributed by atoms with Crippen molar-refractivity contribution in [2.45, 2.75) is 32.1 Å². The van der Waals surface area contributed by atoms with Crippen molar-refractivity contribution in [3.05, 3.63) is 58.1 Å². The van der Waals surface area contributed by atoms with Crippen LogP contribution in [0.15, 0.2) is 51.8 Å². The molecule has 0 radical (unpaired) electrons. The average Bonchev–Trinajstić information content (AvgIpc) is 2.47. The highest BCUT2D eigenvalue weighted by Gasteiger charge is 2.26. The maximum absolute atomic E-state index is 13.1. The first-order valence-corrected chi connectivity index (χ1v) is 9.51. The van der Waals surface area contributed by atoms with Crippen LogP contribution in [0.1, 0.15) is 25.0 Å². The summed E-state index contributed by atoms with van der Waals surface area (Å²) in [7, 11) is -3.57. The Kier molecular flexibility index (Phi) is 5.29. The molecule has 2 aromatic carbocycles. The number of hydrogen-bond acceptors (Lipinski definition) is 2. The van der Waals surface area contributed by atoms with E-state index < -0.39 is 10.0 Å². The highest BCUT2D eigenvalue weighted by Crippen LogP contribution is 2.28. The first kappa shape index (κ1) is 17.0. The second-order valence-corrected chi connectivity index (χ2v) is 7.86. The third kappa shape index (κ3) is 3.36. The molecule has 5 heteroatoms. The van der Waals surface area contributed by atoms with Crippen molar-refractivity contribution in [1.29, 1.82) is 0 Å². The smallest absolute Gasteiger partial charge is 0.264 e. The van der Waals surface area contributed by atoms with E-state index in [2.05, 4.69) is 15.9 Å². The van der Waals surface area contributed by atoms with Gasteiger partial charge in [-0.05, 0) is 61.7 Å². The Morgan fingerprint density at radius 2 is 1.82 bits per heavy atom. The summed E-state index contributed by atoms with van der Waals surface area (Å²) in [5, 5.41) is 0. The van der Waals surface area contributed by atoms with Crippen molar-refractivity contribution in [1.82, 2.24) is 0 Å². The molecule has 0 bridgehead atoms. The lowest BCUT2D eigenvalue weighted by molar-refractivity contribution is 0.590. The summed E-state index contributed by atoms with van der Waals surface area (Å²) < 4.78 is 28.5. The molecule has 0 amide bonds. The molecule has 0 saturated heterocycles. The van der Waals surface area contributed by atoms with Gasteiger partial charge < -0.3 is 0 Å². The average molecular weight is 382 g/mol. The van der Waals surface area contributed by atoms with E-state index in [0.29, 0.717) is 23.5 Å². The van der Waals surface area contributed by atoms with Crippen molar-refractivity contribution in [2.75, 3.05) is 10.8 Å². The summed E-state index contributed by atoms with van der Waals surface area (Å²) in [6, 6.07) is 12.9. The van der Waals surface area contributed by atoms with Crippen molar-refractivity contribution in [3.63, 3.8) is 0 Å². The summed E-state index contributed by atoms with van der Waals surface area (Å²) in [5.74, 6) is 0. The van der Waals surface area contributed by atoms with Gasteiger partial charge in [0, 0.05) is 11.0 Å². The summed E-state index contributed by atoms with van der Waals surface area (Å²) in [4.78, 5) is 0.376. The Balaban J connectivity index is 2.57. The van der Waals surface area contributed by atoms with Crippen LogP contribution >= 0.6 is 15.9 Å². The van der Waals surface area contributed by atoms with Gasteiger partial charge in [0.15, 0.2) is 0 Å². The zero-order valence-corrected chi connectivity index (χ0v) is 15.4. The van der Waals surface area contributed by atoms with Crippen LogP contribution in [-0.2, 0) is 16.4 Å². The number of hydrogen-bond donors (Lipinski definition) is 0. The minimum Gasteiger partial charge on any atom is -0.267 e. The van der Waals surface area contributed by atoms with Crippen molar-refractivity contribution >= 4 is 31.6 Å². The molecule has 2 rings (SSSR count). The molecule has 2 aromatic rings. The SMILES string of the molecule is CCc1cc(Br)ccc1S(=O)(=O)N(CC)c1cccc(C)c1. The molecule has 0 aliphatic rings. The molecule has 0 aliphatic carbocycles. The van der Waals surface area contributed by atoms with Gasteiger partial charge in [0.25, 0.3) is 10.0 Å². The maximum atomic E-state index is 13.1. The third-order valence-electron chi connectivity index (χ3n) is 3.55. The number of halogens is 1. The molecule has 0 spiro atoms. The van der Waals surface area contributed by atoms with Crippen molar-refractivity contribution in [3.8, 4) is 0 Å². The summed E-state index contributed by atoms with van der Waals surface area (Å²) in [5.41, 5.74) is 2.56. The highest BCUT2D eigenvalue weighted by atomic mass is 79.9. The van der Waals surface area contributed by atoms with Crippen LogP contribution in [0.2, 0.25) is 0 Å². The first-order chi connectivity index (χ1) is 10.4. The second kappa shape index (κ2) is 6.84. The Labute approximate surface area is 141 Å². The van der Waals surface area contributed by atoms with Crippen LogP contribution in [0.5, 0.6) is 0 Å². The van der Waals surface area contributed by atoms with E-state index in [1.807, 2.05) is 51.1 Å². The molecule has 3 nitrogen and oxygen atoms in total. The molecule has 0 saturated carbocycles. The number of aryl methyl sites for hydroxylation is 2. The number of anilines is 1. The highest BCUT2D eigenvalue weighted by molar-refractivity contribution is 9.10. The Morgan fingerprint density at radius 1 is 1.09 bits per heavy atom. The van der Waals surface area contributed by atoms with E-state index in [1.54, 1.807) is 12.1 Å². The summed E-state index contributed by atoms with van der Waals surface area (Å²) in [6.45, 7) is 6.17. The molecular formula is C17H20BrNO2S. The largest absolute Gasteiger partial charge is 0.267 e. The van der Waals surface area contributed by atoms with Crippen LogP contribution in [0.4, 0.5) is 5.69 Å². The Bertz CT molecular complexity index is 772. The van der Waals surface area contributed by atoms with E-state index >= 15 is 0 Å². The molecule has 0 heterocycles. The van der Waals surface area contributed by atoms with Crippen LogP contribution in [0.3, 0.4) is 0 Å². The van der Waals surface area contributed by atoms with Gasteiger partial charge in [-0.3, -0.25) is 4.31 Å². The fraction of sp³-hybridized carbons (Fsp3) is 0.294. The summed E-state index contributed by atoms with van der Waals surface area (Å²) >= 11 is 3.40. The lowest BCUT2D eigenvalue weighted by atomic mass is 10.2. The molecule has 22 heavy (non-hydrogen) atoms. The summed E-state index contributed by atoms with van der Waals surface area (Å²) in [6.07, 6.45) is 0.666. The number of benzene rings is 2. The third-order valence-corrected chi connectivity index (χ3v) is 6.04. The second-order valence-electron chi connectivity index (χ2n) is 5.11. The molecule has 0 fully saturated rings. The van der Waals surface area contributed by atoms with E-state index in [4.69, 9.17) is 0 Å². The van der Waals surface area contributed by atoms with Gasteiger partial charge in [0.1, 0.15) is 0 Å². The lowest BCUT2D eigenvalue weighted by Crippen LogP contribution is -2.31.